The molecule has 3 aliphatic rings. The quantitative estimate of drug-likeness (QED) is 0.119. The van der Waals surface area contributed by atoms with Gasteiger partial charge in [0.1, 0.15) is 60.4 Å². The molecule has 0 aliphatic carbocycles. The van der Waals surface area contributed by atoms with Gasteiger partial charge in [-0.2, -0.15) is 0 Å². The van der Waals surface area contributed by atoms with E-state index < -0.39 is 145 Å². The molecular weight excluding hydrogens is 778 g/mol. The molecule has 1 aromatic rings. The number of aliphatic hydroxyl groups excluding tert-OH is 7. The Kier molecular flexibility index (Phi) is 14.8. The van der Waals surface area contributed by atoms with Crippen LogP contribution in [-0.4, -0.2) is 177 Å². The molecule has 23 heteroatoms. The molecule has 0 bridgehead atoms. The van der Waals surface area contributed by atoms with Gasteiger partial charge in [-0.3, -0.25) is 33.6 Å². The number of hydrogen-bond acceptors (Lipinski definition) is 15. The van der Waals surface area contributed by atoms with Crippen molar-refractivity contribution in [3.8, 4) is 5.75 Å². The minimum atomic E-state index is -2.24. The van der Waals surface area contributed by atoms with Crippen molar-refractivity contribution in [3.05, 3.63) is 29.8 Å². The van der Waals surface area contributed by atoms with Gasteiger partial charge in [-0.15, -0.1) is 0 Å². The minimum absolute atomic E-state index is 0.0518. The fourth-order valence-electron chi connectivity index (χ4n) is 7.01. The number of fused-ring (bicyclic) bond motifs is 2. The Bertz CT molecular complexity index is 1690. The summed E-state index contributed by atoms with van der Waals surface area (Å²) in [6, 6.07) is -6.41. The highest BCUT2D eigenvalue weighted by Gasteiger charge is 2.50. The number of carbonyl (C=O) groups is 7. The van der Waals surface area contributed by atoms with E-state index in [1.165, 1.54) is 19.1 Å². The van der Waals surface area contributed by atoms with Crippen LogP contribution in [0, 0.1) is 5.92 Å². The fourth-order valence-corrected chi connectivity index (χ4v) is 7.16. The van der Waals surface area contributed by atoms with Crippen molar-refractivity contribution in [2.24, 2.45) is 5.92 Å². The smallest absolute Gasteiger partial charge is 0.276 e. The standard InChI is InChI=1S/C34H49N7O15S/c1-12-10-41-24(25(12)47)31(53)36-20(46)9-18(35-34(56)57)28(50)37-21(13(2)42)32(54)40-11-17(45)8-19(40)29(51)39-23(30(52)38-22(14(3)43)33(41)55)27(49)26(48)15-4-6-16(44)7-5-15/h4-7,12-14,17-27,42-49H,8-11H2,1-3H3,(H,36,53)(H,37,50)(H,38,52)(H,39,51)(H2,35,56,57). The highest BCUT2D eigenvalue weighted by molar-refractivity contribution is 7.96. The van der Waals surface area contributed by atoms with E-state index in [1.807, 2.05) is 0 Å². The number of nitrogens with one attached hydrogen (secondary N) is 5. The van der Waals surface area contributed by atoms with Gasteiger partial charge in [-0.05, 0) is 31.5 Å². The second-order valence-electron chi connectivity index (χ2n) is 14.5. The van der Waals surface area contributed by atoms with E-state index >= 15 is 0 Å². The van der Waals surface area contributed by atoms with E-state index in [4.69, 9.17) is 0 Å². The summed E-state index contributed by atoms with van der Waals surface area (Å²) in [6.45, 7) is 2.82. The molecule has 0 saturated carbocycles. The monoisotopic (exact) mass is 827 g/mol. The van der Waals surface area contributed by atoms with E-state index in [0.29, 0.717) is 0 Å². The van der Waals surface area contributed by atoms with Gasteiger partial charge in [-0.1, -0.05) is 31.7 Å². The van der Waals surface area contributed by atoms with E-state index in [1.54, 1.807) is 0 Å². The van der Waals surface area contributed by atoms with Gasteiger partial charge in [0, 0.05) is 31.8 Å². The highest BCUT2D eigenvalue weighted by atomic mass is 32.1. The lowest BCUT2D eigenvalue weighted by molar-refractivity contribution is -0.148. The van der Waals surface area contributed by atoms with E-state index in [9.17, 15) is 74.4 Å². The molecular formula is C34H49N7O15S. The maximum Gasteiger partial charge on any atom is 0.276 e. The number of aliphatic hydroxyl groups is 7. The second-order valence-corrected chi connectivity index (χ2v) is 14.9. The largest absolute Gasteiger partial charge is 0.508 e. The number of phenolic OH excluding ortho intramolecular Hbond substituents is 1. The topological polar surface area (TPSA) is 348 Å². The molecule has 57 heavy (non-hydrogen) atoms. The fraction of sp³-hybridized carbons (Fsp3) is 0.618. The van der Waals surface area contributed by atoms with Crippen LogP contribution in [0.1, 0.15) is 45.3 Å². The first-order valence-electron chi connectivity index (χ1n) is 18.0. The molecule has 3 saturated heterocycles. The lowest BCUT2D eigenvalue weighted by Crippen LogP contribution is -2.64. The molecule has 1 aromatic carbocycles. The summed E-state index contributed by atoms with van der Waals surface area (Å²) in [5, 5.41) is 95.9. The second kappa shape index (κ2) is 18.8. The highest BCUT2D eigenvalue weighted by Crippen LogP contribution is 2.27. The lowest BCUT2D eigenvalue weighted by atomic mass is 9.96. The molecule has 3 aliphatic heterocycles. The Labute approximate surface area is 331 Å². The van der Waals surface area contributed by atoms with Gasteiger partial charge in [0.15, 0.2) is 0 Å². The van der Waals surface area contributed by atoms with Crippen LogP contribution in [0.5, 0.6) is 5.75 Å². The normalized spacial score (nSPS) is 33.1. The molecule has 7 amide bonds. The van der Waals surface area contributed by atoms with Gasteiger partial charge in [0.2, 0.25) is 35.4 Å². The molecule has 0 aromatic heterocycles. The molecule has 316 valence electrons. The van der Waals surface area contributed by atoms with Gasteiger partial charge in [0.25, 0.3) is 5.24 Å². The average molecular weight is 828 g/mol. The zero-order chi connectivity index (χ0) is 42.6. The summed E-state index contributed by atoms with van der Waals surface area (Å²) in [7, 11) is 0. The molecule has 13 N–H and O–H groups in total. The summed E-state index contributed by atoms with van der Waals surface area (Å²) >= 11 is 3.60. The number of hydrogen-bond donors (Lipinski definition) is 14. The maximum absolute atomic E-state index is 14.0. The predicted octanol–water partition coefficient (Wildman–Crippen LogP) is -5.98. The van der Waals surface area contributed by atoms with E-state index in [0.717, 1.165) is 35.8 Å². The number of amides is 7. The summed E-state index contributed by atoms with van der Waals surface area (Å²) in [5.74, 6) is -8.18. The van der Waals surface area contributed by atoms with Crippen LogP contribution >= 0.6 is 12.6 Å². The van der Waals surface area contributed by atoms with Crippen LogP contribution in [0.2, 0.25) is 0 Å². The lowest BCUT2D eigenvalue weighted by Gasteiger charge is -2.34. The zero-order valence-electron chi connectivity index (χ0n) is 31.0. The van der Waals surface area contributed by atoms with Gasteiger partial charge in [-0.25, -0.2) is 0 Å². The zero-order valence-corrected chi connectivity index (χ0v) is 31.9. The van der Waals surface area contributed by atoms with E-state index in [-0.39, 0.29) is 17.9 Å². The molecule has 0 spiro atoms. The molecule has 14 atom stereocenters. The average Bonchev–Trinajstić information content (AvgIpc) is 3.67. The Morgan fingerprint density at radius 2 is 1.30 bits per heavy atom. The number of aromatic hydroxyl groups is 1. The predicted molar refractivity (Wildman–Crippen MR) is 195 cm³/mol. The summed E-state index contributed by atoms with van der Waals surface area (Å²) in [6.07, 6.45) is -13.8. The van der Waals surface area contributed by atoms with Gasteiger partial charge < -0.3 is 77.2 Å². The van der Waals surface area contributed by atoms with Crippen molar-refractivity contribution in [2.45, 2.75) is 113 Å². The first-order valence-corrected chi connectivity index (χ1v) is 18.4. The summed E-state index contributed by atoms with van der Waals surface area (Å²) in [4.78, 5) is 96.5. The molecule has 0 radical (unpaired) electrons. The van der Waals surface area contributed by atoms with Crippen molar-refractivity contribution in [1.82, 2.24) is 36.4 Å². The van der Waals surface area contributed by atoms with Crippen molar-refractivity contribution in [2.75, 3.05) is 13.1 Å². The maximum atomic E-state index is 14.0. The Morgan fingerprint density at radius 1 is 0.754 bits per heavy atom. The van der Waals surface area contributed by atoms with Crippen molar-refractivity contribution >= 4 is 53.3 Å². The number of thiol groups is 1. The van der Waals surface area contributed by atoms with Crippen LogP contribution in [-0.2, 0) is 28.8 Å². The van der Waals surface area contributed by atoms with Crippen LogP contribution < -0.4 is 26.6 Å². The van der Waals surface area contributed by atoms with Crippen LogP contribution in [0.4, 0.5) is 4.79 Å². The number of phenols is 1. The van der Waals surface area contributed by atoms with Crippen LogP contribution in [0.3, 0.4) is 0 Å². The molecule has 4 rings (SSSR count). The minimum Gasteiger partial charge on any atom is -0.508 e. The van der Waals surface area contributed by atoms with Crippen LogP contribution in [0.25, 0.3) is 0 Å². The Balaban J connectivity index is 1.82. The first-order chi connectivity index (χ1) is 26.6. The molecule has 14 unspecified atom stereocenters. The van der Waals surface area contributed by atoms with Crippen LogP contribution in [0.15, 0.2) is 24.3 Å². The number of nitrogens with zero attached hydrogens (tertiary/aromatic N) is 2. The summed E-state index contributed by atoms with van der Waals surface area (Å²) < 4.78 is 0. The number of benzene rings is 1. The Morgan fingerprint density at radius 3 is 1.86 bits per heavy atom. The first kappa shape index (κ1) is 45.1. The molecule has 22 nitrogen and oxygen atoms in total. The van der Waals surface area contributed by atoms with Crippen molar-refractivity contribution < 1.29 is 74.4 Å². The molecule has 3 heterocycles. The van der Waals surface area contributed by atoms with Crippen molar-refractivity contribution in [1.29, 1.82) is 0 Å². The SMILES string of the molecule is CC(O)C1NC(=O)C(NC(=O)S)CC(O)NC(=O)C2C(O)C(C)CN2C(=O)C(C(C)O)NC(=O)C(C(O)C(O)c2ccc(O)cc2)NC(=O)C2CC(O)CN2C1=O. The van der Waals surface area contributed by atoms with E-state index in [2.05, 4.69) is 39.2 Å². The Hall–Kier alpha value is -4.62. The number of rotatable bonds is 6. The molecule has 3 fully saturated rings. The third kappa shape index (κ3) is 10.5. The summed E-state index contributed by atoms with van der Waals surface area (Å²) in [5.41, 5.74) is -0.0518. The van der Waals surface area contributed by atoms with Crippen molar-refractivity contribution in [3.63, 3.8) is 0 Å². The third-order valence-corrected chi connectivity index (χ3v) is 10.2. The van der Waals surface area contributed by atoms with Gasteiger partial charge >= 0.3 is 0 Å². The number of carbonyl (C=O) groups excluding carboxylic acids is 7. The third-order valence-electron chi connectivity index (χ3n) is 10.1. The van der Waals surface area contributed by atoms with Gasteiger partial charge in [0.05, 0.1) is 24.4 Å².